The molecule has 8 heteroatoms. The van der Waals surface area contributed by atoms with E-state index in [1.165, 1.54) is 12.1 Å². The molecule has 0 aliphatic rings. The normalized spacial score (nSPS) is 11.1. The number of halogens is 2. The highest BCUT2D eigenvalue weighted by Gasteiger charge is 2.19. The van der Waals surface area contributed by atoms with Gasteiger partial charge in [0.15, 0.2) is 5.82 Å². The Morgan fingerprint density at radius 3 is 2.65 bits per heavy atom. The summed E-state index contributed by atoms with van der Waals surface area (Å²) in [5.41, 5.74) is 0.0313. The van der Waals surface area contributed by atoms with Crippen LogP contribution < -0.4 is 0 Å². The van der Waals surface area contributed by atoms with E-state index in [0.717, 1.165) is 6.07 Å². The molecule has 0 fully saturated rings. The summed E-state index contributed by atoms with van der Waals surface area (Å²) >= 11 is 3.31. The van der Waals surface area contributed by atoms with Gasteiger partial charge in [-0.05, 0) is 19.9 Å². The molecule has 6 nitrogen and oxygen atoms in total. The number of benzene rings is 1. The summed E-state index contributed by atoms with van der Waals surface area (Å²) in [5, 5.41) is 19.3. The van der Waals surface area contributed by atoms with Crippen molar-refractivity contribution in [3.05, 3.63) is 40.0 Å². The highest BCUT2D eigenvalue weighted by atomic mass is 79.9. The number of non-ortho nitro benzene ring substituents is 1. The molecule has 0 N–H and O–H groups in total. The Morgan fingerprint density at radius 2 is 2.10 bits per heavy atom. The van der Waals surface area contributed by atoms with E-state index >= 15 is 0 Å². The van der Waals surface area contributed by atoms with Crippen molar-refractivity contribution in [2.24, 2.45) is 0 Å². The molecular formula is C12H12BrFN4O2. The van der Waals surface area contributed by atoms with Crippen molar-refractivity contribution < 1.29 is 9.31 Å². The standard InChI is InChI=1S/C12H12BrFN4O2/c1-7(2)17-11(6-13)15-16-12(17)8-3-9(14)5-10(4-8)18(19)20/h3-5,7H,6H2,1-2H3. The third kappa shape index (κ3) is 2.69. The largest absolute Gasteiger partial charge is 0.308 e. The molecule has 2 aromatic rings. The summed E-state index contributed by atoms with van der Waals surface area (Å²) in [6.07, 6.45) is 0. The number of nitro benzene ring substituents is 1. The van der Waals surface area contributed by atoms with Crippen molar-refractivity contribution in [3.8, 4) is 11.4 Å². The van der Waals surface area contributed by atoms with Crippen LogP contribution in [-0.4, -0.2) is 19.7 Å². The lowest BCUT2D eigenvalue weighted by molar-refractivity contribution is -0.385. The van der Waals surface area contributed by atoms with Crippen LogP contribution in [0.15, 0.2) is 18.2 Å². The maximum absolute atomic E-state index is 13.5. The van der Waals surface area contributed by atoms with Crippen molar-refractivity contribution in [2.45, 2.75) is 25.2 Å². The number of nitrogens with zero attached hydrogens (tertiary/aromatic N) is 4. The second-order valence-electron chi connectivity index (χ2n) is 4.49. The monoisotopic (exact) mass is 342 g/mol. The topological polar surface area (TPSA) is 73.8 Å². The van der Waals surface area contributed by atoms with Crippen LogP contribution in [-0.2, 0) is 5.33 Å². The fraction of sp³-hybridized carbons (Fsp3) is 0.333. The van der Waals surface area contributed by atoms with Crippen LogP contribution in [0.3, 0.4) is 0 Å². The van der Waals surface area contributed by atoms with Gasteiger partial charge in [0.2, 0.25) is 0 Å². The minimum absolute atomic E-state index is 0.0508. The maximum atomic E-state index is 13.5. The van der Waals surface area contributed by atoms with Crippen LogP contribution in [0.5, 0.6) is 0 Å². The van der Waals surface area contributed by atoms with Gasteiger partial charge in [-0.3, -0.25) is 10.1 Å². The SMILES string of the molecule is CC(C)n1c(CBr)nnc1-c1cc(F)cc([N+](=O)[O-])c1. The van der Waals surface area contributed by atoms with E-state index in [2.05, 4.69) is 26.1 Å². The molecule has 0 aliphatic heterocycles. The Hall–Kier alpha value is -1.83. The predicted octanol–water partition coefficient (Wildman–Crippen LogP) is 3.47. The number of nitro groups is 1. The summed E-state index contributed by atoms with van der Waals surface area (Å²) < 4.78 is 15.3. The lowest BCUT2D eigenvalue weighted by Gasteiger charge is -2.13. The van der Waals surface area contributed by atoms with Crippen molar-refractivity contribution in [2.75, 3.05) is 0 Å². The zero-order valence-electron chi connectivity index (χ0n) is 10.9. The first-order valence-corrected chi connectivity index (χ1v) is 7.01. The fourth-order valence-corrected chi connectivity index (χ4v) is 2.35. The summed E-state index contributed by atoms with van der Waals surface area (Å²) in [4.78, 5) is 10.2. The molecule has 106 valence electrons. The lowest BCUT2D eigenvalue weighted by Crippen LogP contribution is -2.07. The van der Waals surface area contributed by atoms with E-state index in [1.54, 1.807) is 0 Å². The molecule has 2 rings (SSSR count). The molecule has 0 bridgehead atoms. The molecule has 0 unspecified atom stereocenters. The van der Waals surface area contributed by atoms with Crippen LogP contribution in [0.4, 0.5) is 10.1 Å². The van der Waals surface area contributed by atoms with Crippen molar-refractivity contribution in [1.82, 2.24) is 14.8 Å². The Kier molecular flexibility index (Phi) is 4.12. The molecule has 0 saturated carbocycles. The van der Waals surface area contributed by atoms with E-state index in [0.29, 0.717) is 22.5 Å². The van der Waals surface area contributed by atoms with E-state index < -0.39 is 10.7 Å². The molecule has 1 aromatic heterocycles. The average Bonchev–Trinajstić information content (AvgIpc) is 2.81. The number of hydrogen-bond acceptors (Lipinski definition) is 4. The smallest absolute Gasteiger partial charge is 0.273 e. The van der Waals surface area contributed by atoms with Gasteiger partial charge in [-0.2, -0.15) is 0 Å². The molecular weight excluding hydrogens is 331 g/mol. The number of alkyl halides is 1. The molecule has 0 amide bonds. The van der Waals surface area contributed by atoms with Gasteiger partial charge >= 0.3 is 0 Å². The summed E-state index contributed by atoms with van der Waals surface area (Å²) in [5.74, 6) is 0.423. The van der Waals surface area contributed by atoms with E-state index in [4.69, 9.17) is 0 Å². The van der Waals surface area contributed by atoms with E-state index in [-0.39, 0.29) is 11.7 Å². The van der Waals surface area contributed by atoms with Crippen LogP contribution in [0, 0.1) is 15.9 Å². The Labute approximate surface area is 122 Å². The highest BCUT2D eigenvalue weighted by molar-refractivity contribution is 9.08. The molecule has 0 spiro atoms. The fourth-order valence-electron chi connectivity index (χ4n) is 1.96. The summed E-state index contributed by atoms with van der Waals surface area (Å²) in [6.45, 7) is 3.87. The first-order chi connectivity index (χ1) is 9.43. The highest BCUT2D eigenvalue weighted by Crippen LogP contribution is 2.27. The first kappa shape index (κ1) is 14.6. The number of rotatable bonds is 4. The molecule has 0 aliphatic carbocycles. The van der Waals surface area contributed by atoms with Gasteiger partial charge < -0.3 is 4.57 Å². The Morgan fingerprint density at radius 1 is 1.40 bits per heavy atom. The van der Waals surface area contributed by atoms with Crippen molar-refractivity contribution in [3.63, 3.8) is 0 Å². The van der Waals surface area contributed by atoms with Gasteiger partial charge in [0.25, 0.3) is 5.69 Å². The second-order valence-corrected chi connectivity index (χ2v) is 5.05. The van der Waals surface area contributed by atoms with Crippen LogP contribution in [0.25, 0.3) is 11.4 Å². The minimum Gasteiger partial charge on any atom is -0.308 e. The number of hydrogen-bond donors (Lipinski definition) is 0. The zero-order chi connectivity index (χ0) is 14.9. The Bertz CT molecular complexity index is 657. The quantitative estimate of drug-likeness (QED) is 0.484. The first-order valence-electron chi connectivity index (χ1n) is 5.89. The van der Waals surface area contributed by atoms with Gasteiger partial charge in [0.05, 0.1) is 16.3 Å². The van der Waals surface area contributed by atoms with Gasteiger partial charge in [-0.1, -0.05) is 15.9 Å². The molecule has 0 atom stereocenters. The van der Waals surface area contributed by atoms with Crippen LogP contribution in [0.1, 0.15) is 25.7 Å². The molecule has 0 radical (unpaired) electrons. The molecule has 0 saturated heterocycles. The van der Waals surface area contributed by atoms with Crippen molar-refractivity contribution in [1.29, 1.82) is 0 Å². The molecule has 1 aromatic carbocycles. The predicted molar refractivity (Wildman–Crippen MR) is 75.1 cm³/mol. The summed E-state index contributed by atoms with van der Waals surface area (Å²) in [7, 11) is 0. The lowest BCUT2D eigenvalue weighted by atomic mass is 10.1. The third-order valence-electron chi connectivity index (χ3n) is 2.75. The summed E-state index contributed by atoms with van der Waals surface area (Å²) in [6, 6.07) is 3.44. The van der Waals surface area contributed by atoms with Gasteiger partial charge in [-0.25, -0.2) is 4.39 Å². The van der Waals surface area contributed by atoms with Gasteiger partial charge in [0, 0.05) is 17.7 Å². The van der Waals surface area contributed by atoms with Crippen molar-refractivity contribution >= 4 is 21.6 Å². The van der Waals surface area contributed by atoms with Gasteiger partial charge in [0.1, 0.15) is 11.6 Å². The minimum atomic E-state index is -0.673. The van der Waals surface area contributed by atoms with E-state index in [9.17, 15) is 14.5 Å². The third-order valence-corrected chi connectivity index (χ3v) is 3.26. The molecule has 1 heterocycles. The maximum Gasteiger partial charge on any atom is 0.273 e. The van der Waals surface area contributed by atoms with Crippen LogP contribution in [0.2, 0.25) is 0 Å². The molecule has 20 heavy (non-hydrogen) atoms. The van der Waals surface area contributed by atoms with E-state index in [1.807, 2.05) is 18.4 Å². The van der Waals surface area contributed by atoms with Gasteiger partial charge in [-0.15, -0.1) is 10.2 Å². The Balaban J connectivity index is 2.62. The number of aromatic nitrogens is 3. The van der Waals surface area contributed by atoms with Crippen LogP contribution >= 0.6 is 15.9 Å². The average molecular weight is 343 g/mol. The second kappa shape index (κ2) is 5.66. The zero-order valence-corrected chi connectivity index (χ0v) is 12.5.